The van der Waals surface area contributed by atoms with Crippen molar-refractivity contribution in [2.24, 2.45) is 0 Å². The third-order valence-corrected chi connectivity index (χ3v) is 6.85. The molecule has 7 heteroatoms. The molecule has 2 aliphatic rings. The van der Waals surface area contributed by atoms with Gasteiger partial charge in [-0.25, -0.2) is 4.98 Å². The maximum Gasteiger partial charge on any atom is 0.272 e. The van der Waals surface area contributed by atoms with E-state index in [1.165, 1.54) is 0 Å². The van der Waals surface area contributed by atoms with Gasteiger partial charge in [0.2, 0.25) is 0 Å². The van der Waals surface area contributed by atoms with E-state index in [0.29, 0.717) is 31.2 Å². The SMILES string of the molecule is CCn1nc(C)cc1C(=O)N1CCC2(CCc3c2nc(-c2ccccc2)[nH]c3=O)CC1. The summed E-state index contributed by atoms with van der Waals surface area (Å²) in [6.07, 6.45) is 3.33. The molecule has 0 unspecified atom stereocenters. The van der Waals surface area contributed by atoms with E-state index in [1.807, 2.05) is 55.1 Å². The van der Waals surface area contributed by atoms with Gasteiger partial charge in [-0.05, 0) is 45.6 Å². The summed E-state index contributed by atoms with van der Waals surface area (Å²) in [7, 11) is 0. The average molecular weight is 418 g/mol. The van der Waals surface area contributed by atoms with Crippen LogP contribution in [0.3, 0.4) is 0 Å². The van der Waals surface area contributed by atoms with E-state index >= 15 is 0 Å². The Hall–Kier alpha value is -3.22. The fraction of sp³-hybridized carbons (Fsp3) is 0.417. The predicted octanol–water partition coefficient (Wildman–Crippen LogP) is 3.08. The zero-order valence-electron chi connectivity index (χ0n) is 18.0. The van der Waals surface area contributed by atoms with Crippen LogP contribution in [0.25, 0.3) is 11.4 Å². The lowest BCUT2D eigenvalue weighted by molar-refractivity contribution is 0.0651. The number of fused-ring (bicyclic) bond motifs is 2. The van der Waals surface area contributed by atoms with Gasteiger partial charge in [-0.2, -0.15) is 5.10 Å². The summed E-state index contributed by atoms with van der Waals surface area (Å²) in [4.78, 5) is 35.8. The number of likely N-dealkylation sites (tertiary alicyclic amines) is 1. The fourth-order valence-electron chi connectivity index (χ4n) is 5.13. The minimum absolute atomic E-state index is 0.0263. The topological polar surface area (TPSA) is 83.9 Å². The Morgan fingerprint density at radius 2 is 1.90 bits per heavy atom. The standard InChI is InChI=1S/C24H27N5O2/c1-3-29-19(15-16(2)27-29)23(31)28-13-11-24(12-14-28)10-9-18-20(24)25-21(26-22(18)30)17-7-5-4-6-8-17/h4-8,15H,3,9-14H2,1-2H3,(H,25,26,30). The van der Waals surface area contributed by atoms with E-state index in [-0.39, 0.29) is 16.9 Å². The Labute approximate surface area is 181 Å². The first-order chi connectivity index (χ1) is 15.0. The van der Waals surface area contributed by atoms with E-state index in [0.717, 1.165) is 48.2 Å². The van der Waals surface area contributed by atoms with Crippen LogP contribution in [-0.4, -0.2) is 43.6 Å². The number of carbonyl (C=O) groups excluding carboxylic acids is 1. The van der Waals surface area contributed by atoms with Crippen molar-refractivity contribution in [1.82, 2.24) is 24.6 Å². The molecule has 1 N–H and O–H groups in total. The summed E-state index contributed by atoms with van der Waals surface area (Å²) in [5, 5.41) is 4.41. The van der Waals surface area contributed by atoms with Crippen LogP contribution in [0.15, 0.2) is 41.2 Å². The summed E-state index contributed by atoms with van der Waals surface area (Å²) in [6.45, 7) is 5.92. The molecule has 31 heavy (non-hydrogen) atoms. The van der Waals surface area contributed by atoms with Crippen molar-refractivity contribution in [3.8, 4) is 11.4 Å². The van der Waals surface area contributed by atoms with Crippen molar-refractivity contribution in [3.05, 3.63) is 69.4 Å². The molecule has 1 amide bonds. The molecule has 0 saturated carbocycles. The van der Waals surface area contributed by atoms with E-state index in [9.17, 15) is 9.59 Å². The Morgan fingerprint density at radius 3 is 2.61 bits per heavy atom. The van der Waals surface area contributed by atoms with Gasteiger partial charge in [0.1, 0.15) is 11.5 Å². The highest BCUT2D eigenvalue weighted by atomic mass is 16.2. The number of rotatable bonds is 3. The second-order valence-corrected chi connectivity index (χ2v) is 8.67. The monoisotopic (exact) mass is 417 g/mol. The summed E-state index contributed by atoms with van der Waals surface area (Å²) in [5.74, 6) is 0.672. The number of carbonyl (C=O) groups is 1. The van der Waals surface area contributed by atoms with Crippen LogP contribution in [0.5, 0.6) is 0 Å². The molecule has 3 heterocycles. The molecular formula is C24H27N5O2. The molecule has 160 valence electrons. The first kappa shape index (κ1) is 19.7. The molecule has 7 nitrogen and oxygen atoms in total. The largest absolute Gasteiger partial charge is 0.337 e. The molecule has 1 saturated heterocycles. The molecule has 1 fully saturated rings. The molecule has 0 atom stereocenters. The summed E-state index contributed by atoms with van der Waals surface area (Å²) in [6, 6.07) is 11.7. The van der Waals surface area contributed by atoms with Crippen LogP contribution < -0.4 is 5.56 Å². The van der Waals surface area contributed by atoms with E-state index in [1.54, 1.807) is 4.68 Å². The van der Waals surface area contributed by atoms with E-state index in [4.69, 9.17) is 4.98 Å². The van der Waals surface area contributed by atoms with Gasteiger partial charge < -0.3 is 9.88 Å². The number of amides is 1. The number of benzene rings is 1. The molecule has 0 bridgehead atoms. The molecule has 3 aromatic rings. The number of aromatic amines is 1. The van der Waals surface area contributed by atoms with Gasteiger partial charge in [0, 0.05) is 36.2 Å². The molecule has 1 spiro atoms. The van der Waals surface area contributed by atoms with Crippen molar-refractivity contribution >= 4 is 5.91 Å². The predicted molar refractivity (Wildman–Crippen MR) is 118 cm³/mol. The van der Waals surface area contributed by atoms with Crippen molar-refractivity contribution < 1.29 is 4.79 Å². The molecule has 2 aromatic heterocycles. The highest BCUT2D eigenvalue weighted by molar-refractivity contribution is 5.92. The van der Waals surface area contributed by atoms with Gasteiger partial charge in [-0.1, -0.05) is 30.3 Å². The van der Waals surface area contributed by atoms with Crippen LogP contribution in [0, 0.1) is 6.92 Å². The second-order valence-electron chi connectivity index (χ2n) is 8.67. The Morgan fingerprint density at radius 1 is 1.16 bits per heavy atom. The lowest BCUT2D eigenvalue weighted by Gasteiger charge is -2.39. The first-order valence-electron chi connectivity index (χ1n) is 11.0. The third-order valence-electron chi connectivity index (χ3n) is 6.85. The van der Waals surface area contributed by atoms with Crippen LogP contribution in [0.1, 0.15) is 53.6 Å². The summed E-state index contributed by atoms with van der Waals surface area (Å²) < 4.78 is 1.78. The van der Waals surface area contributed by atoms with Gasteiger partial charge in [-0.3, -0.25) is 14.3 Å². The van der Waals surface area contributed by atoms with Gasteiger partial charge in [0.25, 0.3) is 11.5 Å². The molecular weight excluding hydrogens is 390 g/mol. The second kappa shape index (κ2) is 7.48. The number of hydrogen-bond donors (Lipinski definition) is 1. The lowest BCUT2D eigenvalue weighted by atomic mass is 9.76. The first-order valence-corrected chi connectivity index (χ1v) is 11.0. The number of nitrogens with zero attached hydrogens (tertiary/aromatic N) is 4. The van der Waals surface area contributed by atoms with Crippen LogP contribution in [-0.2, 0) is 18.4 Å². The Bertz CT molecular complexity index is 1190. The van der Waals surface area contributed by atoms with Crippen molar-refractivity contribution in [2.75, 3.05) is 13.1 Å². The van der Waals surface area contributed by atoms with Gasteiger partial charge in [0.15, 0.2) is 0 Å². The minimum atomic E-state index is -0.120. The van der Waals surface area contributed by atoms with Crippen LogP contribution in [0.4, 0.5) is 0 Å². The smallest absolute Gasteiger partial charge is 0.272 e. The molecule has 0 radical (unpaired) electrons. The maximum absolute atomic E-state index is 13.1. The van der Waals surface area contributed by atoms with Gasteiger partial charge in [-0.15, -0.1) is 0 Å². The zero-order chi connectivity index (χ0) is 21.6. The van der Waals surface area contributed by atoms with Crippen LogP contribution in [0.2, 0.25) is 0 Å². The number of aryl methyl sites for hydroxylation is 2. The third kappa shape index (κ3) is 3.28. The highest BCUT2D eigenvalue weighted by Gasteiger charge is 2.45. The summed E-state index contributed by atoms with van der Waals surface area (Å²) in [5.41, 5.74) is 4.05. The number of aromatic nitrogens is 4. The quantitative estimate of drug-likeness (QED) is 0.710. The summed E-state index contributed by atoms with van der Waals surface area (Å²) >= 11 is 0. The lowest BCUT2D eigenvalue weighted by Crippen LogP contribution is -2.45. The van der Waals surface area contributed by atoms with Gasteiger partial charge >= 0.3 is 0 Å². The maximum atomic E-state index is 13.1. The number of hydrogen-bond acceptors (Lipinski definition) is 4. The molecule has 5 rings (SSSR count). The number of piperidine rings is 1. The highest BCUT2D eigenvalue weighted by Crippen LogP contribution is 2.44. The van der Waals surface area contributed by atoms with Crippen molar-refractivity contribution in [3.63, 3.8) is 0 Å². The number of nitrogens with one attached hydrogen (secondary N) is 1. The molecule has 1 aliphatic carbocycles. The number of H-pyrrole nitrogens is 1. The van der Waals surface area contributed by atoms with E-state index in [2.05, 4.69) is 10.1 Å². The molecule has 1 aromatic carbocycles. The van der Waals surface area contributed by atoms with E-state index < -0.39 is 0 Å². The van der Waals surface area contributed by atoms with Crippen molar-refractivity contribution in [2.45, 2.75) is 51.5 Å². The van der Waals surface area contributed by atoms with Gasteiger partial charge in [0.05, 0.1) is 11.4 Å². The fourth-order valence-corrected chi connectivity index (χ4v) is 5.13. The normalized spacial score (nSPS) is 17.2. The average Bonchev–Trinajstić information content (AvgIpc) is 3.35. The molecule has 1 aliphatic heterocycles. The van der Waals surface area contributed by atoms with Crippen LogP contribution >= 0.6 is 0 Å². The minimum Gasteiger partial charge on any atom is -0.337 e. The Balaban J connectivity index is 1.41. The Kier molecular flexibility index (Phi) is 4.76. The zero-order valence-corrected chi connectivity index (χ0v) is 18.0. The van der Waals surface area contributed by atoms with Crippen molar-refractivity contribution in [1.29, 1.82) is 0 Å².